The van der Waals surface area contributed by atoms with Gasteiger partial charge in [-0.3, -0.25) is 4.79 Å². The van der Waals surface area contributed by atoms with Gasteiger partial charge in [0.15, 0.2) is 0 Å². The molecular formula is C16H25NO4SSi. The predicted octanol–water partition coefficient (Wildman–Crippen LogP) is 2.64. The van der Waals surface area contributed by atoms with Crippen LogP contribution in [0.4, 0.5) is 0 Å². The summed E-state index contributed by atoms with van der Waals surface area (Å²) in [6.45, 7) is 8.36. The van der Waals surface area contributed by atoms with E-state index in [0.29, 0.717) is 0 Å². The van der Waals surface area contributed by atoms with Crippen LogP contribution in [0.2, 0.25) is 19.6 Å². The quantitative estimate of drug-likeness (QED) is 0.603. The van der Waals surface area contributed by atoms with Crippen molar-refractivity contribution in [1.29, 1.82) is 0 Å². The molecule has 1 N–H and O–H groups in total. The first-order valence-electron chi connectivity index (χ1n) is 7.40. The van der Waals surface area contributed by atoms with Gasteiger partial charge in [-0.05, 0) is 25.5 Å². The number of hydrogen-bond donors (Lipinski definition) is 1. The standard InChI is InChI=1S/C16H25NO4SSi/c1-13-8-10-14(11-9-13)22(19,20)17-15(16(18)21-2)7-6-12-23(3,4)5/h6,8-12,15,17H,7H2,1-5H3/b12-6-. The van der Waals surface area contributed by atoms with Crippen molar-refractivity contribution in [2.24, 2.45) is 0 Å². The predicted molar refractivity (Wildman–Crippen MR) is 94.4 cm³/mol. The average Bonchev–Trinajstić information content (AvgIpc) is 2.44. The lowest BCUT2D eigenvalue weighted by Gasteiger charge is -2.16. The molecule has 1 aromatic rings. The summed E-state index contributed by atoms with van der Waals surface area (Å²) in [5, 5.41) is 0. The molecule has 1 atom stereocenters. The van der Waals surface area contributed by atoms with E-state index in [-0.39, 0.29) is 11.3 Å². The van der Waals surface area contributed by atoms with E-state index in [4.69, 9.17) is 4.74 Å². The van der Waals surface area contributed by atoms with Gasteiger partial charge < -0.3 is 4.74 Å². The maximum atomic E-state index is 12.4. The van der Waals surface area contributed by atoms with Gasteiger partial charge in [-0.25, -0.2) is 8.42 Å². The molecule has 0 aliphatic heterocycles. The Morgan fingerprint density at radius 1 is 1.26 bits per heavy atom. The van der Waals surface area contributed by atoms with Crippen LogP contribution in [-0.2, 0) is 19.6 Å². The van der Waals surface area contributed by atoms with Crippen LogP contribution >= 0.6 is 0 Å². The SMILES string of the molecule is COC(=O)C(C/C=C\[Si](C)(C)C)NS(=O)(=O)c1ccc(C)cc1. The molecule has 1 aromatic carbocycles. The van der Waals surface area contributed by atoms with Crippen LogP contribution in [-0.4, -0.2) is 35.6 Å². The first kappa shape index (κ1) is 19.6. The van der Waals surface area contributed by atoms with Crippen LogP contribution < -0.4 is 4.72 Å². The number of carbonyl (C=O) groups is 1. The molecule has 1 unspecified atom stereocenters. The van der Waals surface area contributed by atoms with E-state index in [9.17, 15) is 13.2 Å². The van der Waals surface area contributed by atoms with Crippen LogP contribution in [0.5, 0.6) is 0 Å². The Balaban J connectivity index is 2.94. The minimum atomic E-state index is -3.77. The molecule has 0 aliphatic carbocycles. The van der Waals surface area contributed by atoms with Crippen molar-refractivity contribution in [3.05, 3.63) is 41.6 Å². The van der Waals surface area contributed by atoms with Gasteiger partial charge in [-0.2, -0.15) is 4.72 Å². The summed E-state index contributed by atoms with van der Waals surface area (Å²) in [5.41, 5.74) is 3.04. The number of esters is 1. The fraction of sp³-hybridized carbons (Fsp3) is 0.438. The molecule has 0 saturated carbocycles. The van der Waals surface area contributed by atoms with E-state index in [0.717, 1.165) is 5.56 Å². The van der Waals surface area contributed by atoms with Gasteiger partial charge in [0.05, 0.1) is 20.1 Å². The maximum absolute atomic E-state index is 12.4. The molecule has 0 spiro atoms. The van der Waals surface area contributed by atoms with Crippen LogP contribution in [0.1, 0.15) is 12.0 Å². The Kier molecular flexibility index (Phi) is 6.73. The lowest BCUT2D eigenvalue weighted by atomic mass is 10.2. The molecule has 0 fully saturated rings. The number of sulfonamides is 1. The summed E-state index contributed by atoms with van der Waals surface area (Å²) >= 11 is 0. The maximum Gasteiger partial charge on any atom is 0.324 e. The highest BCUT2D eigenvalue weighted by atomic mass is 32.2. The van der Waals surface area contributed by atoms with Crippen LogP contribution in [0.25, 0.3) is 0 Å². The first-order valence-corrected chi connectivity index (χ1v) is 12.5. The summed E-state index contributed by atoms with van der Waals surface area (Å²) in [6.07, 6.45) is 2.12. The van der Waals surface area contributed by atoms with Crippen molar-refractivity contribution in [3.63, 3.8) is 0 Å². The third-order valence-corrected chi connectivity index (χ3v) is 5.83. The summed E-state index contributed by atoms with van der Waals surface area (Å²) in [7, 11) is -3.93. The molecule has 0 heterocycles. The second-order valence-corrected chi connectivity index (χ2v) is 13.3. The van der Waals surface area contributed by atoms with Gasteiger partial charge >= 0.3 is 5.97 Å². The molecule has 0 saturated heterocycles. The van der Waals surface area contributed by atoms with Gasteiger partial charge in [-0.1, -0.05) is 49.1 Å². The number of aryl methyl sites for hydroxylation is 1. The fourth-order valence-electron chi connectivity index (χ4n) is 1.87. The van der Waals surface area contributed by atoms with Gasteiger partial charge in [-0.15, -0.1) is 0 Å². The van der Waals surface area contributed by atoms with Gasteiger partial charge in [0, 0.05) is 0 Å². The lowest BCUT2D eigenvalue weighted by molar-refractivity contribution is -0.142. The van der Waals surface area contributed by atoms with Gasteiger partial charge in [0.2, 0.25) is 10.0 Å². The van der Waals surface area contributed by atoms with Crippen molar-refractivity contribution in [2.45, 2.75) is 43.9 Å². The Morgan fingerprint density at radius 2 is 1.83 bits per heavy atom. The third kappa shape index (κ3) is 6.68. The molecule has 23 heavy (non-hydrogen) atoms. The number of methoxy groups -OCH3 is 1. The second kappa shape index (κ2) is 7.90. The van der Waals surface area contributed by atoms with Crippen molar-refractivity contribution in [2.75, 3.05) is 7.11 Å². The first-order chi connectivity index (χ1) is 10.5. The summed E-state index contributed by atoms with van der Waals surface area (Å²) < 4.78 is 31.9. The minimum absolute atomic E-state index is 0.131. The lowest BCUT2D eigenvalue weighted by Crippen LogP contribution is -2.41. The largest absolute Gasteiger partial charge is 0.468 e. The van der Waals surface area contributed by atoms with Crippen molar-refractivity contribution < 1.29 is 17.9 Å². The van der Waals surface area contributed by atoms with E-state index < -0.39 is 30.1 Å². The normalized spacial score (nSPS) is 14.0. The minimum Gasteiger partial charge on any atom is -0.468 e. The van der Waals surface area contributed by atoms with E-state index >= 15 is 0 Å². The third-order valence-electron chi connectivity index (χ3n) is 3.10. The Morgan fingerprint density at radius 3 is 2.30 bits per heavy atom. The van der Waals surface area contributed by atoms with E-state index in [1.54, 1.807) is 12.1 Å². The Labute approximate surface area is 139 Å². The van der Waals surface area contributed by atoms with Crippen LogP contribution in [0.3, 0.4) is 0 Å². The zero-order valence-corrected chi connectivity index (χ0v) is 16.1. The van der Waals surface area contributed by atoms with E-state index in [2.05, 4.69) is 30.1 Å². The van der Waals surface area contributed by atoms with Crippen LogP contribution in [0, 0.1) is 6.92 Å². The van der Waals surface area contributed by atoms with Crippen molar-refractivity contribution in [3.8, 4) is 0 Å². The van der Waals surface area contributed by atoms with Crippen LogP contribution in [0.15, 0.2) is 40.9 Å². The molecule has 7 heteroatoms. The molecule has 0 amide bonds. The summed E-state index contributed by atoms with van der Waals surface area (Å²) in [5.74, 6) is -0.596. The van der Waals surface area contributed by atoms with Crippen molar-refractivity contribution >= 4 is 24.1 Å². The molecule has 0 aromatic heterocycles. The number of carbonyl (C=O) groups excluding carboxylic acids is 1. The molecule has 0 radical (unpaired) electrons. The summed E-state index contributed by atoms with van der Waals surface area (Å²) in [6, 6.07) is 5.53. The molecule has 0 aliphatic rings. The van der Waals surface area contributed by atoms with E-state index in [1.165, 1.54) is 19.2 Å². The average molecular weight is 356 g/mol. The summed E-state index contributed by atoms with van der Waals surface area (Å²) in [4.78, 5) is 12.0. The molecule has 5 nitrogen and oxygen atoms in total. The molecule has 128 valence electrons. The zero-order chi connectivity index (χ0) is 17.7. The van der Waals surface area contributed by atoms with Gasteiger partial charge in [0.25, 0.3) is 0 Å². The van der Waals surface area contributed by atoms with Crippen molar-refractivity contribution in [1.82, 2.24) is 4.72 Å². The zero-order valence-electron chi connectivity index (χ0n) is 14.3. The van der Waals surface area contributed by atoms with E-state index in [1.807, 2.05) is 13.0 Å². The number of rotatable bonds is 7. The second-order valence-electron chi connectivity index (χ2n) is 6.51. The highest BCUT2D eigenvalue weighted by Gasteiger charge is 2.25. The number of nitrogens with one attached hydrogen (secondary N) is 1. The highest BCUT2D eigenvalue weighted by Crippen LogP contribution is 2.12. The smallest absolute Gasteiger partial charge is 0.324 e. The fourth-order valence-corrected chi connectivity index (χ4v) is 3.91. The number of ether oxygens (including phenoxy) is 1. The van der Waals surface area contributed by atoms with Gasteiger partial charge in [0.1, 0.15) is 6.04 Å². The number of benzene rings is 1. The number of hydrogen-bond acceptors (Lipinski definition) is 4. The molecule has 0 bridgehead atoms. The molecular weight excluding hydrogens is 330 g/mol. The highest BCUT2D eigenvalue weighted by molar-refractivity contribution is 7.89. The molecule has 1 rings (SSSR count). The monoisotopic (exact) mass is 355 g/mol. The Hall–Kier alpha value is -1.44. The Bertz CT molecular complexity index is 660. The topological polar surface area (TPSA) is 72.5 Å².